The average Bonchev–Trinajstić information content (AvgIpc) is 2.82. The molecule has 1 atom stereocenters. The normalized spacial score (nSPS) is 12.8. The lowest BCUT2D eigenvalue weighted by molar-refractivity contribution is 0.197. The van der Waals surface area contributed by atoms with E-state index in [0.29, 0.717) is 0 Å². The van der Waals surface area contributed by atoms with Gasteiger partial charge in [-0.2, -0.15) is 0 Å². The van der Waals surface area contributed by atoms with Gasteiger partial charge >= 0.3 is 0 Å². The maximum Gasteiger partial charge on any atom is 0.0587 e. The van der Waals surface area contributed by atoms with Crippen molar-refractivity contribution in [3.63, 3.8) is 0 Å². The van der Waals surface area contributed by atoms with E-state index < -0.39 is 0 Å². The standard InChI is InChI=1S/C15H27NOS/c1-4-6-13(12-16-9-10-17-3)11-15-8-7-14(5-2)18-15/h7-8,13,16H,4-6,9-12H2,1-3H3. The summed E-state index contributed by atoms with van der Waals surface area (Å²) < 4.78 is 5.06. The van der Waals surface area contributed by atoms with Crippen LogP contribution >= 0.6 is 11.3 Å². The lowest BCUT2D eigenvalue weighted by Gasteiger charge is -2.16. The molecule has 1 heterocycles. The monoisotopic (exact) mass is 269 g/mol. The summed E-state index contributed by atoms with van der Waals surface area (Å²) in [7, 11) is 1.75. The van der Waals surface area contributed by atoms with E-state index in [9.17, 15) is 0 Å². The van der Waals surface area contributed by atoms with E-state index in [1.165, 1.54) is 24.1 Å². The van der Waals surface area contributed by atoms with Crippen LogP contribution in [0, 0.1) is 5.92 Å². The van der Waals surface area contributed by atoms with Crippen LogP contribution < -0.4 is 5.32 Å². The van der Waals surface area contributed by atoms with E-state index >= 15 is 0 Å². The summed E-state index contributed by atoms with van der Waals surface area (Å²) in [4.78, 5) is 3.05. The Morgan fingerprint density at radius 1 is 1.28 bits per heavy atom. The van der Waals surface area contributed by atoms with E-state index in [1.807, 2.05) is 11.3 Å². The van der Waals surface area contributed by atoms with E-state index in [1.54, 1.807) is 12.0 Å². The maximum atomic E-state index is 5.06. The molecular weight excluding hydrogens is 242 g/mol. The molecule has 0 radical (unpaired) electrons. The van der Waals surface area contributed by atoms with Gasteiger partial charge in [0.1, 0.15) is 0 Å². The summed E-state index contributed by atoms with van der Waals surface area (Å²) in [5.74, 6) is 0.759. The van der Waals surface area contributed by atoms with Gasteiger partial charge in [0, 0.05) is 23.4 Å². The summed E-state index contributed by atoms with van der Waals surface area (Å²) in [5.41, 5.74) is 0. The number of hydrogen-bond acceptors (Lipinski definition) is 3. The number of rotatable bonds is 10. The molecule has 0 saturated carbocycles. The van der Waals surface area contributed by atoms with Gasteiger partial charge in [0.05, 0.1) is 6.61 Å². The minimum absolute atomic E-state index is 0.759. The van der Waals surface area contributed by atoms with Crippen LogP contribution in [-0.2, 0) is 17.6 Å². The highest BCUT2D eigenvalue weighted by atomic mass is 32.1. The molecule has 0 aromatic carbocycles. The first kappa shape index (κ1) is 15.7. The number of hydrogen-bond donors (Lipinski definition) is 1. The number of methoxy groups -OCH3 is 1. The van der Waals surface area contributed by atoms with Gasteiger partial charge in [0.15, 0.2) is 0 Å². The molecule has 0 saturated heterocycles. The summed E-state index contributed by atoms with van der Waals surface area (Å²) in [6.45, 7) is 7.37. The van der Waals surface area contributed by atoms with Crippen molar-refractivity contribution in [2.75, 3.05) is 26.8 Å². The van der Waals surface area contributed by atoms with Crippen molar-refractivity contribution in [1.29, 1.82) is 0 Å². The Balaban J connectivity index is 2.36. The molecule has 1 aromatic heterocycles. The lowest BCUT2D eigenvalue weighted by atomic mass is 9.99. The summed E-state index contributed by atoms with van der Waals surface area (Å²) in [5, 5.41) is 3.49. The molecule has 0 spiro atoms. The zero-order chi connectivity index (χ0) is 13.2. The van der Waals surface area contributed by atoms with Gasteiger partial charge in [-0.05, 0) is 43.9 Å². The molecule has 0 amide bonds. The van der Waals surface area contributed by atoms with Crippen molar-refractivity contribution >= 4 is 11.3 Å². The van der Waals surface area contributed by atoms with Crippen molar-refractivity contribution in [2.24, 2.45) is 5.92 Å². The first-order valence-corrected chi connectivity index (χ1v) is 7.89. The van der Waals surface area contributed by atoms with E-state index in [0.717, 1.165) is 32.0 Å². The van der Waals surface area contributed by atoms with E-state index in [2.05, 4.69) is 31.3 Å². The van der Waals surface area contributed by atoms with Crippen LogP contribution in [0.3, 0.4) is 0 Å². The molecule has 1 unspecified atom stereocenters. The molecule has 0 bridgehead atoms. The zero-order valence-corrected chi connectivity index (χ0v) is 12.8. The molecule has 2 nitrogen and oxygen atoms in total. The van der Waals surface area contributed by atoms with Crippen molar-refractivity contribution in [1.82, 2.24) is 5.32 Å². The topological polar surface area (TPSA) is 21.3 Å². The second-order valence-electron chi connectivity index (χ2n) is 4.78. The van der Waals surface area contributed by atoms with Crippen molar-refractivity contribution in [3.8, 4) is 0 Å². The molecule has 1 rings (SSSR count). The van der Waals surface area contributed by atoms with Crippen molar-refractivity contribution in [3.05, 3.63) is 21.9 Å². The van der Waals surface area contributed by atoms with Crippen LogP contribution in [0.1, 0.15) is 36.4 Å². The molecular formula is C15H27NOS. The van der Waals surface area contributed by atoms with Gasteiger partial charge in [0.25, 0.3) is 0 Å². The third-order valence-corrected chi connectivity index (χ3v) is 4.42. The largest absolute Gasteiger partial charge is 0.383 e. The van der Waals surface area contributed by atoms with Crippen LogP contribution in [0.15, 0.2) is 12.1 Å². The Morgan fingerprint density at radius 3 is 2.67 bits per heavy atom. The van der Waals surface area contributed by atoms with Crippen molar-refractivity contribution < 1.29 is 4.74 Å². The Morgan fingerprint density at radius 2 is 2.06 bits per heavy atom. The Bertz CT molecular complexity index is 311. The Kier molecular flexibility index (Phi) is 8.31. The van der Waals surface area contributed by atoms with Gasteiger partial charge in [-0.25, -0.2) is 0 Å². The van der Waals surface area contributed by atoms with Gasteiger partial charge in [0.2, 0.25) is 0 Å². The van der Waals surface area contributed by atoms with Crippen LogP contribution in [0.25, 0.3) is 0 Å². The number of nitrogens with one attached hydrogen (secondary N) is 1. The summed E-state index contributed by atoms with van der Waals surface area (Å²) in [6, 6.07) is 4.59. The van der Waals surface area contributed by atoms with Crippen LogP contribution in [0.4, 0.5) is 0 Å². The average molecular weight is 269 g/mol. The fraction of sp³-hybridized carbons (Fsp3) is 0.733. The highest BCUT2D eigenvalue weighted by molar-refractivity contribution is 7.11. The Hall–Kier alpha value is -0.380. The van der Waals surface area contributed by atoms with Crippen LogP contribution in [0.2, 0.25) is 0 Å². The highest BCUT2D eigenvalue weighted by Crippen LogP contribution is 2.22. The molecule has 1 N–H and O–H groups in total. The van der Waals surface area contributed by atoms with Gasteiger partial charge in [-0.3, -0.25) is 0 Å². The minimum Gasteiger partial charge on any atom is -0.383 e. The fourth-order valence-electron chi connectivity index (χ4n) is 2.17. The van der Waals surface area contributed by atoms with E-state index in [-0.39, 0.29) is 0 Å². The molecule has 104 valence electrons. The zero-order valence-electron chi connectivity index (χ0n) is 12.0. The Labute approximate surface area is 116 Å². The van der Waals surface area contributed by atoms with Crippen LogP contribution in [-0.4, -0.2) is 26.8 Å². The predicted octanol–water partition coefficient (Wildman–Crippen LogP) is 3.51. The third-order valence-electron chi connectivity index (χ3n) is 3.17. The smallest absolute Gasteiger partial charge is 0.0587 e. The lowest BCUT2D eigenvalue weighted by Crippen LogP contribution is -2.27. The first-order chi connectivity index (χ1) is 8.80. The molecule has 0 aliphatic heterocycles. The summed E-state index contributed by atoms with van der Waals surface area (Å²) in [6.07, 6.45) is 4.95. The quantitative estimate of drug-likeness (QED) is 0.656. The third kappa shape index (κ3) is 5.98. The van der Waals surface area contributed by atoms with Gasteiger partial charge in [-0.15, -0.1) is 11.3 Å². The van der Waals surface area contributed by atoms with Crippen molar-refractivity contribution in [2.45, 2.75) is 39.5 Å². The SMILES string of the molecule is CCCC(CNCCOC)Cc1ccc(CC)s1. The molecule has 0 aliphatic rings. The molecule has 1 aromatic rings. The first-order valence-electron chi connectivity index (χ1n) is 7.07. The second kappa shape index (κ2) is 9.54. The van der Waals surface area contributed by atoms with Gasteiger partial charge in [-0.1, -0.05) is 20.3 Å². The summed E-state index contributed by atoms with van der Waals surface area (Å²) >= 11 is 1.98. The number of ether oxygens (including phenoxy) is 1. The predicted molar refractivity (Wildman–Crippen MR) is 80.5 cm³/mol. The number of aryl methyl sites for hydroxylation is 1. The molecule has 3 heteroatoms. The highest BCUT2D eigenvalue weighted by Gasteiger charge is 2.10. The number of thiophene rings is 1. The van der Waals surface area contributed by atoms with Gasteiger partial charge < -0.3 is 10.1 Å². The molecule has 18 heavy (non-hydrogen) atoms. The van der Waals surface area contributed by atoms with E-state index in [4.69, 9.17) is 4.74 Å². The van der Waals surface area contributed by atoms with Crippen LogP contribution in [0.5, 0.6) is 0 Å². The minimum atomic E-state index is 0.759. The molecule has 0 aliphatic carbocycles. The molecule has 0 fully saturated rings. The second-order valence-corrected chi connectivity index (χ2v) is 6.03. The fourth-order valence-corrected chi connectivity index (χ4v) is 3.24. The maximum absolute atomic E-state index is 5.06.